The van der Waals surface area contributed by atoms with Crippen LogP contribution in [0.4, 0.5) is 0 Å². The van der Waals surface area contributed by atoms with E-state index in [1.165, 1.54) is 4.90 Å². The van der Waals surface area contributed by atoms with Crippen LogP contribution in [-0.2, 0) is 16.0 Å². The van der Waals surface area contributed by atoms with Gasteiger partial charge in [0.25, 0.3) is 0 Å². The van der Waals surface area contributed by atoms with Gasteiger partial charge >= 0.3 is 0 Å². The van der Waals surface area contributed by atoms with E-state index >= 15 is 0 Å². The van der Waals surface area contributed by atoms with Crippen LogP contribution in [-0.4, -0.2) is 33.5 Å². The van der Waals surface area contributed by atoms with Crippen LogP contribution in [0.3, 0.4) is 0 Å². The second kappa shape index (κ2) is 3.68. The first kappa shape index (κ1) is 10.5. The van der Waals surface area contributed by atoms with Crippen molar-refractivity contribution in [1.29, 1.82) is 0 Å². The third-order valence-electron chi connectivity index (χ3n) is 3.72. The number of aromatic amines is 1. The zero-order chi connectivity index (χ0) is 12.0. The molecule has 1 N–H and O–H groups in total. The van der Waals surface area contributed by atoms with Crippen molar-refractivity contribution in [3.63, 3.8) is 0 Å². The quantitative estimate of drug-likeness (QED) is 0.777. The normalized spacial score (nSPS) is 26.5. The lowest BCUT2D eigenvalue weighted by atomic mass is 10.1. The molecular formula is C12H15N3O2. The lowest BCUT2D eigenvalue weighted by Crippen LogP contribution is -2.33. The molecule has 2 atom stereocenters. The Balaban J connectivity index is 1.54. The van der Waals surface area contributed by atoms with Crippen molar-refractivity contribution in [3.8, 4) is 0 Å². The maximum Gasteiger partial charge on any atom is 0.233 e. The minimum atomic E-state index is 0.0261. The molecular weight excluding hydrogens is 218 g/mol. The van der Waals surface area contributed by atoms with Crippen molar-refractivity contribution in [1.82, 2.24) is 15.1 Å². The van der Waals surface area contributed by atoms with Gasteiger partial charge in [-0.3, -0.25) is 19.6 Å². The van der Waals surface area contributed by atoms with Gasteiger partial charge in [0, 0.05) is 12.2 Å². The van der Waals surface area contributed by atoms with Crippen molar-refractivity contribution >= 4 is 11.8 Å². The van der Waals surface area contributed by atoms with Crippen molar-refractivity contribution in [2.45, 2.75) is 26.2 Å². The topological polar surface area (TPSA) is 66.1 Å². The molecule has 17 heavy (non-hydrogen) atoms. The van der Waals surface area contributed by atoms with Gasteiger partial charge in [-0.2, -0.15) is 5.10 Å². The summed E-state index contributed by atoms with van der Waals surface area (Å²) in [7, 11) is 0. The largest absolute Gasteiger partial charge is 0.283 e. The van der Waals surface area contributed by atoms with Gasteiger partial charge < -0.3 is 0 Å². The highest BCUT2D eigenvalue weighted by atomic mass is 16.2. The molecule has 1 saturated heterocycles. The van der Waals surface area contributed by atoms with Crippen molar-refractivity contribution in [3.05, 3.63) is 17.5 Å². The Kier molecular flexibility index (Phi) is 2.28. The minimum Gasteiger partial charge on any atom is -0.283 e. The van der Waals surface area contributed by atoms with Crippen LogP contribution in [0.25, 0.3) is 0 Å². The lowest BCUT2D eigenvalue weighted by Gasteiger charge is -2.15. The maximum atomic E-state index is 11.7. The second-order valence-electron chi connectivity index (χ2n) is 4.90. The molecule has 3 rings (SSSR count). The zero-order valence-electron chi connectivity index (χ0n) is 9.77. The predicted octanol–water partition coefficient (Wildman–Crippen LogP) is 0.656. The van der Waals surface area contributed by atoms with Gasteiger partial charge in [0.1, 0.15) is 0 Å². The Morgan fingerprint density at radius 3 is 2.71 bits per heavy atom. The number of imide groups is 1. The Morgan fingerprint density at radius 2 is 2.12 bits per heavy atom. The van der Waals surface area contributed by atoms with E-state index in [-0.39, 0.29) is 23.7 Å². The number of piperidine rings is 1. The summed E-state index contributed by atoms with van der Waals surface area (Å²) in [6.07, 6.45) is 4.27. The molecule has 0 spiro atoms. The SMILES string of the molecule is Cc1[nH]ncc1CCCN1C(=O)C2CC2C1=O. The summed E-state index contributed by atoms with van der Waals surface area (Å²) in [6.45, 7) is 2.53. The molecule has 0 radical (unpaired) electrons. The van der Waals surface area contributed by atoms with E-state index in [2.05, 4.69) is 10.2 Å². The molecule has 2 unspecified atom stereocenters. The van der Waals surface area contributed by atoms with E-state index < -0.39 is 0 Å². The van der Waals surface area contributed by atoms with Gasteiger partial charge in [0.2, 0.25) is 11.8 Å². The van der Waals surface area contributed by atoms with Crippen molar-refractivity contribution in [2.75, 3.05) is 6.54 Å². The smallest absolute Gasteiger partial charge is 0.233 e. The zero-order valence-corrected chi connectivity index (χ0v) is 9.77. The van der Waals surface area contributed by atoms with E-state index in [1.807, 2.05) is 6.92 Å². The summed E-state index contributed by atoms with van der Waals surface area (Å²) in [5.41, 5.74) is 2.22. The first-order chi connectivity index (χ1) is 8.18. The van der Waals surface area contributed by atoms with Gasteiger partial charge in [0.15, 0.2) is 0 Å². The number of carbonyl (C=O) groups is 2. The number of nitrogens with zero attached hydrogens (tertiary/aromatic N) is 2. The Morgan fingerprint density at radius 1 is 1.41 bits per heavy atom. The fraction of sp³-hybridized carbons (Fsp3) is 0.583. The Labute approximate surface area is 99.2 Å². The number of hydrogen-bond acceptors (Lipinski definition) is 3. The molecule has 2 heterocycles. The van der Waals surface area contributed by atoms with Gasteiger partial charge in [-0.15, -0.1) is 0 Å². The standard InChI is InChI=1S/C12H15N3O2/c1-7-8(6-13-14-7)3-2-4-15-11(16)9-5-10(9)12(15)17/h6,9-10H,2-5H2,1H3,(H,13,14). The van der Waals surface area contributed by atoms with Crippen LogP contribution in [0.5, 0.6) is 0 Å². The molecule has 5 nitrogen and oxygen atoms in total. The summed E-state index contributed by atoms with van der Waals surface area (Å²) in [5, 5.41) is 6.83. The van der Waals surface area contributed by atoms with Crippen molar-refractivity contribution < 1.29 is 9.59 Å². The molecule has 1 aromatic rings. The number of likely N-dealkylation sites (tertiary alicyclic amines) is 1. The van der Waals surface area contributed by atoms with Crippen LogP contribution in [0.1, 0.15) is 24.1 Å². The van der Waals surface area contributed by atoms with E-state index in [4.69, 9.17) is 0 Å². The Bertz CT molecular complexity index is 460. The fourth-order valence-corrected chi connectivity index (χ4v) is 2.53. The number of aryl methyl sites for hydroxylation is 2. The van der Waals surface area contributed by atoms with E-state index in [0.29, 0.717) is 6.54 Å². The first-order valence-electron chi connectivity index (χ1n) is 6.02. The number of aromatic nitrogens is 2. The number of carbonyl (C=O) groups excluding carboxylic acids is 2. The van der Waals surface area contributed by atoms with Gasteiger partial charge in [0.05, 0.1) is 18.0 Å². The van der Waals surface area contributed by atoms with E-state index in [1.54, 1.807) is 6.20 Å². The van der Waals surface area contributed by atoms with E-state index in [0.717, 1.165) is 30.5 Å². The molecule has 5 heteroatoms. The molecule has 90 valence electrons. The molecule has 0 aromatic carbocycles. The summed E-state index contributed by atoms with van der Waals surface area (Å²) in [6, 6.07) is 0. The summed E-state index contributed by atoms with van der Waals surface area (Å²) in [5.74, 6) is 0.143. The molecule has 1 aromatic heterocycles. The summed E-state index contributed by atoms with van der Waals surface area (Å²) in [4.78, 5) is 24.8. The average molecular weight is 233 g/mol. The average Bonchev–Trinajstić information content (AvgIpc) is 2.96. The predicted molar refractivity (Wildman–Crippen MR) is 60.0 cm³/mol. The number of fused-ring (bicyclic) bond motifs is 1. The monoisotopic (exact) mass is 233 g/mol. The van der Waals surface area contributed by atoms with Crippen LogP contribution in [0, 0.1) is 18.8 Å². The summed E-state index contributed by atoms with van der Waals surface area (Å²) < 4.78 is 0. The van der Waals surface area contributed by atoms with Crippen LogP contribution in [0.2, 0.25) is 0 Å². The number of H-pyrrole nitrogens is 1. The van der Waals surface area contributed by atoms with Gasteiger partial charge in [-0.1, -0.05) is 0 Å². The Hall–Kier alpha value is -1.65. The van der Waals surface area contributed by atoms with Gasteiger partial charge in [-0.25, -0.2) is 0 Å². The second-order valence-corrected chi connectivity index (χ2v) is 4.90. The molecule has 1 aliphatic heterocycles. The van der Waals surface area contributed by atoms with Crippen LogP contribution < -0.4 is 0 Å². The third-order valence-corrected chi connectivity index (χ3v) is 3.72. The number of amides is 2. The number of nitrogens with one attached hydrogen (secondary N) is 1. The highest BCUT2D eigenvalue weighted by molar-refractivity contribution is 6.08. The molecule has 2 aliphatic rings. The summed E-state index contributed by atoms with van der Waals surface area (Å²) >= 11 is 0. The first-order valence-corrected chi connectivity index (χ1v) is 6.02. The maximum absolute atomic E-state index is 11.7. The highest BCUT2D eigenvalue weighted by Gasteiger charge is 2.58. The molecule has 2 amide bonds. The molecule has 1 saturated carbocycles. The van der Waals surface area contributed by atoms with Crippen LogP contribution >= 0.6 is 0 Å². The molecule has 2 fully saturated rings. The highest BCUT2D eigenvalue weighted by Crippen LogP contribution is 2.46. The fourth-order valence-electron chi connectivity index (χ4n) is 2.53. The minimum absolute atomic E-state index is 0.0261. The van der Waals surface area contributed by atoms with E-state index in [9.17, 15) is 9.59 Å². The lowest BCUT2D eigenvalue weighted by molar-refractivity contribution is -0.141. The molecule has 0 bridgehead atoms. The number of rotatable bonds is 4. The molecule has 1 aliphatic carbocycles. The third kappa shape index (κ3) is 1.66. The van der Waals surface area contributed by atoms with Crippen LogP contribution in [0.15, 0.2) is 6.20 Å². The van der Waals surface area contributed by atoms with Gasteiger partial charge in [-0.05, 0) is 31.7 Å². The van der Waals surface area contributed by atoms with Crippen molar-refractivity contribution in [2.24, 2.45) is 11.8 Å². The number of hydrogen-bond donors (Lipinski definition) is 1.